The highest BCUT2D eigenvalue weighted by atomic mass is 35.5. The molecule has 2 aromatic carbocycles. The first kappa shape index (κ1) is 19.9. The van der Waals surface area contributed by atoms with Crippen molar-refractivity contribution in [2.75, 3.05) is 20.3 Å². The second-order valence-electron chi connectivity index (χ2n) is 5.74. The summed E-state index contributed by atoms with van der Waals surface area (Å²) in [6, 6.07) is 12.6. The Morgan fingerprint density at radius 2 is 1.77 bits per heavy atom. The average molecular weight is 378 g/mol. The highest BCUT2D eigenvalue weighted by Gasteiger charge is 2.17. The molecule has 2 aromatic rings. The topological polar surface area (TPSA) is 56.8 Å². The van der Waals surface area contributed by atoms with Gasteiger partial charge in [-0.25, -0.2) is 0 Å². The predicted octanol–water partition coefficient (Wildman–Crippen LogP) is 4.01. The SMILES string of the molecule is CC[C@H](Oc1ccc(OC)cc1)C(=O)NCCOc1ccc(C)c(Cl)c1. The maximum atomic E-state index is 12.3. The lowest BCUT2D eigenvalue weighted by Crippen LogP contribution is -2.39. The summed E-state index contributed by atoms with van der Waals surface area (Å²) < 4.78 is 16.4. The van der Waals surface area contributed by atoms with Crippen LogP contribution in [-0.4, -0.2) is 32.3 Å². The van der Waals surface area contributed by atoms with Gasteiger partial charge in [0.25, 0.3) is 5.91 Å². The van der Waals surface area contributed by atoms with E-state index in [0.29, 0.717) is 36.1 Å². The number of rotatable bonds is 9. The van der Waals surface area contributed by atoms with Crippen LogP contribution in [0.5, 0.6) is 17.2 Å². The van der Waals surface area contributed by atoms with E-state index in [9.17, 15) is 4.79 Å². The fourth-order valence-electron chi connectivity index (χ4n) is 2.26. The summed E-state index contributed by atoms with van der Waals surface area (Å²) in [6.45, 7) is 4.56. The predicted molar refractivity (Wildman–Crippen MR) is 102 cm³/mol. The van der Waals surface area contributed by atoms with Crippen LogP contribution in [0.15, 0.2) is 42.5 Å². The summed E-state index contributed by atoms with van der Waals surface area (Å²) in [5, 5.41) is 3.48. The largest absolute Gasteiger partial charge is 0.497 e. The molecule has 0 aromatic heterocycles. The van der Waals surface area contributed by atoms with Gasteiger partial charge >= 0.3 is 0 Å². The van der Waals surface area contributed by atoms with Gasteiger partial charge in [0.15, 0.2) is 6.10 Å². The van der Waals surface area contributed by atoms with Crippen LogP contribution < -0.4 is 19.5 Å². The highest BCUT2D eigenvalue weighted by Crippen LogP contribution is 2.21. The Hall–Kier alpha value is -2.40. The molecule has 6 heteroatoms. The monoisotopic (exact) mass is 377 g/mol. The summed E-state index contributed by atoms with van der Waals surface area (Å²) >= 11 is 6.06. The Labute approximate surface area is 159 Å². The van der Waals surface area contributed by atoms with Crippen LogP contribution in [0.3, 0.4) is 0 Å². The lowest BCUT2D eigenvalue weighted by atomic mass is 10.2. The van der Waals surface area contributed by atoms with E-state index >= 15 is 0 Å². The van der Waals surface area contributed by atoms with E-state index in [1.165, 1.54) is 0 Å². The van der Waals surface area contributed by atoms with Gasteiger partial charge in [0.05, 0.1) is 13.7 Å². The smallest absolute Gasteiger partial charge is 0.261 e. The normalized spacial score (nSPS) is 11.5. The van der Waals surface area contributed by atoms with Gasteiger partial charge in [-0.1, -0.05) is 24.6 Å². The minimum atomic E-state index is -0.558. The minimum Gasteiger partial charge on any atom is -0.497 e. The summed E-state index contributed by atoms with van der Waals surface area (Å²) in [4.78, 5) is 12.3. The quantitative estimate of drug-likeness (QED) is 0.671. The van der Waals surface area contributed by atoms with Crippen molar-refractivity contribution >= 4 is 17.5 Å². The molecule has 0 saturated heterocycles. The van der Waals surface area contributed by atoms with E-state index in [1.54, 1.807) is 37.4 Å². The van der Waals surface area contributed by atoms with Crippen LogP contribution in [0.1, 0.15) is 18.9 Å². The van der Waals surface area contributed by atoms with Crippen LogP contribution in [0.2, 0.25) is 5.02 Å². The van der Waals surface area contributed by atoms with Gasteiger partial charge < -0.3 is 19.5 Å². The molecule has 1 N–H and O–H groups in total. The third-order valence-corrected chi connectivity index (χ3v) is 4.22. The Kier molecular flexibility index (Phi) is 7.60. The molecule has 0 bridgehead atoms. The maximum Gasteiger partial charge on any atom is 0.261 e. The number of methoxy groups -OCH3 is 1. The van der Waals surface area contributed by atoms with Crippen molar-refractivity contribution in [3.05, 3.63) is 53.1 Å². The second-order valence-corrected chi connectivity index (χ2v) is 6.15. The molecule has 0 heterocycles. The van der Waals surface area contributed by atoms with Crippen molar-refractivity contribution in [1.82, 2.24) is 5.32 Å². The molecule has 0 aliphatic rings. The van der Waals surface area contributed by atoms with Crippen molar-refractivity contribution in [1.29, 1.82) is 0 Å². The molecule has 0 spiro atoms. The number of halogens is 1. The molecule has 0 radical (unpaired) electrons. The Morgan fingerprint density at radius 3 is 2.38 bits per heavy atom. The molecule has 26 heavy (non-hydrogen) atoms. The standard InChI is InChI=1S/C20H24ClNO4/c1-4-19(26-16-9-7-15(24-3)8-10-16)20(23)22-11-12-25-17-6-5-14(2)18(21)13-17/h5-10,13,19H,4,11-12H2,1-3H3,(H,22,23)/t19-/m0/s1. The number of ether oxygens (including phenoxy) is 3. The van der Waals surface area contributed by atoms with Crippen LogP contribution in [0, 0.1) is 6.92 Å². The van der Waals surface area contributed by atoms with Crippen molar-refractivity contribution < 1.29 is 19.0 Å². The van der Waals surface area contributed by atoms with Gasteiger partial charge in [-0.2, -0.15) is 0 Å². The first-order chi connectivity index (χ1) is 12.5. The van der Waals surface area contributed by atoms with Gasteiger partial charge in [0.2, 0.25) is 0 Å². The minimum absolute atomic E-state index is 0.172. The van der Waals surface area contributed by atoms with Crippen LogP contribution in [0.4, 0.5) is 0 Å². The van der Waals surface area contributed by atoms with E-state index in [-0.39, 0.29) is 5.91 Å². The van der Waals surface area contributed by atoms with E-state index in [2.05, 4.69) is 5.32 Å². The number of amides is 1. The van der Waals surface area contributed by atoms with E-state index in [4.69, 9.17) is 25.8 Å². The zero-order valence-electron chi connectivity index (χ0n) is 15.3. The van der Waals surface area contributed by atoms with Crippen LogP contribution in [0.25, 0.3) is 0 Å². The molecule has 0 aliphatic heterocycles. The third-order valence-electron chi connectivity index (χ3n) is 3.81. The van der Waals surface area contributed by atoms with Crippen molar-refractivity contribution in [2.24, 2.45) is 0 Å². The number of nitrogens with one attached hydrogen (secondary N) is 1. The van der Waals surface area contributed by atoms with E-state index < -0.39 is 6.10 Å². The van der Waals surface area contributed by atoms with Gasteiger partial charge in [0, 0.05) is 5.02 Å². The lowest BCUT2D eigenvalue weighted by Gasteiger charge is -2.17. The summed E-state index contributed by atoms with van der Waals surface area (Å²) in [7, 11) is 1.60. The number of carbonyl (C=O) groups is 1. The van der Waals surface area contributed by atoms with E-state index in [1.807, 2.05) is 26.0 Å². The maximum absolute atomic E-state index is 12.3. The summed E-state index contributed by atoms with van der Waals surface area (Å²) in [5.74, 6) is 1.87. The molecule has 0 fully saturated rings. The van der Waals surface area contributed by atoms with Gasteiger partial charge in [-0.05, 0) is 55.3 Å². The zero-order valence-corrected chi connectivity index (χ0v) is 16.0. The first-order valence-corrected chi connectivity index (χ1v) is 8.88. The third kappa shape index (κ3) is 5.85. The molecule has 0 saturated carbocycles. The fourth-order valence-corrected chi connectivity index (χ4v) is 2.43. The van der Waals surface area contributed by atoms with Gasteiger partial charge in [0.1, 0.15) is 23.9 Å². The summed E-state index contributed by atoms with van der Waals surface area (Å²) in [5.41, 5.74) is 0.994. The summed E-state index contributed by atoms with van der Waals surface area (Å²) in [6.07, 6.45) is 0.00366. The van der Waals surface area contributed by atoms with E-state index in [0.717, 1.165) is 11.3 Å². The van der Waals surface area contributed by atoms with Gasteiger partial charge in [-0.3, -0.25) is 4.79 Å². The second kappa shape index (κ2) is 9.92. The fraction of sp³-hybridized carbons (Fsp3) is 0.350. The average Bonchev–Trinajstić information content (AvgIpc) is 2.66. The first-order valence-electron chi connectivity index (χ1n) is 8.51. The van der Waals surface area contributed by atoms with Gasteiger partial charge in [-0.15, -0.1) is 0 Å². The van der Waals surface area contributed by atoms with Crippen molar-refractivity contribution in [3.8, 4) is 17.2 Å². The number of carbonyl (C=O) groups excluding carboxylic acids is 1. The zero-order chi connectivity index (χ0) is 18.9. The van der Waals surface area contributed by atoms with Crippen LogP contribution >= 0.6 is 11.6 Å². The molecule has 140 valence electrons. The molecule has 0 unspecified atom stereocenters. The Balaban J connectivity index is 1.78. The van der Waals surface area contributed by atoms with Crippen molar-refractivity contribution in [3.63, 3.8) is 0 Å². The molecule has 1 amide bonds. The number of aryl methyl sites for hydroxylation is 1. The molecular formula is C20H24ClNO4. The Bertz CT molecular complexity index is 718. The molecule has 1 atom stereocenters. The number of hydrogen-bond acceptors (Lipinski definition) is 4. The lowest BCUT2D eigenvalue weighted by molar-refractivity contribution is -0.128. The van der Waals surface area contributed by atoms with Crippen molar-refractivity contribution in [2.45, 2.75) is 26.4 Å². The molecular weight excluding hydrogens is 354 g/mol. The molecule has 5 nitrogen and oxygen atoms in total. The molecule has 2 rings (SSSR count). The Morgan fingerprint density at radius 1 is 1.12 bits per heavy atom. The van der Waals surface area contributed by atoms with Crippen LogP contribution in [-0.2, 0) is 4.79 Å². The number of benzene rings is 2. The molecule has 0 aliphatic carbocycles. The highest BCUT2D eigenvalue weighted by molar-refractivity contribution is 6.31. The number of hydrogen-bond donors (Lipinski definition) is 1.